The summed E-state index contributed by atoms with van der Waals surface area (Å²) in [5.74, 6) is 1.58. The lowest BCUT2D eigenvalue weighted by Gasteiger charge is -2.40. The predicted molar refractivity (Wildman–Crippen MR) is 153 cm³/mol. The van der Waals surface area contributed by atoms with E-state index in [1.165, 1.54) is 48.2 Å². The topological polar surface area (TPSA) is 47.2 Å². The molecule has 3 aliphatic rings. The van der Waals surface area contributed by atoms with Gasteiger partial charge in [-0.05, 0) is 109 Å². The van der Waals surface area contributed by atoms with Crippen LogP contribution in [0.3, 0.4) is 0 Å². The first-order valence-corrected chi connectivity index (χ1v) is 14.7. The Kier molecular flexibility index (Phi) is 7.05. The number of aliphatic imine (C=N–C) groups is 1. The van der Waals surface area contributed by atoms with Gasteiger partial charge in [0.05, 0.1) is 5.69 Å². The summed E-state index contributed by atoms with van der Waals surface area (Å²) in [7, 11) is 0. The molecule has 4 atom stereocenters. The van der Waals surface area contributed by atoms with Crippen molar-refractivity contribution in [2.75, 3.05) is 0 Å². The number of benzene rings is 2. The lowest BCUT2D eigenvalue weighted by atomic mass is 9.64. The molecule has 0 spiro atoms. The average Bonchev–Trinajstić information content (AvgIpc) is 3.50. The van der Waals surface area contributed by atoms with Gasteiger partial charge in [-0.25, -0.2) is 17.9 Å². The van der Waals surface area contributed by atoms with Gasteiger partial charge >= 0.3 is 5.91 Å². The van der Waals surface area contributed by atoms with Crippen LogP contribution in [0.5, 0.6) is 0 Å². The standard InChI is InChI=1S/C34H36F3N3O/c1-33(2)23-14-16-34(3,20-23)29(33)15-17-38-32(41)30-26-7-5-4-6-22(18-21-8-10-24(35)11-9-21)31(26)40(39-30)28-13-12-25(36)19-27(28)37/h8-13,15,19,22-23,29H,4-7,14,16,18,20H2,1-3H3/t22?,23?,29-,34?/m1/s1. The van der Waals surface area contributed by atoms with Crippen LogP contribution >= 0.6 is 0 Å². The summed E-state index contributed by atoms with van der Waals surface area (Å²) in [5, 5.41) is 4.63. The van der Waals surface area contributed by atoms with Gasteiger partial charge in [0, 0.05) is 17.5 Å². The normalized spacial score (nSPS) is 26.2. The fourth-order valence-corrected chi connectivity index (χ4v) is 8.05. The molecule has 1 heterocycles. The van der Waals surface area contributed by atoms with Crippen LogP contribution in [-0.4, -0.2) is 21.6 Å². The van der Waals surface area contributed by atoms with E-state index in [1.807, 2.05) is 6.08 Å². The largest absolute Gasteiger partial charge is 0.305 e. The second-order valence-electron chi connectivity index (χ2n) is 13.1. The Hall–Kier alpha value is -3.44. The fraction of sp³-hybridized carbons (Fsp3) is 0.471. The Morgan fingerprint density at radius 2 is 1.83 bits per heavy atom. The molecule has 0 N–H and O–H groups in total. The van der Waals surface area contributed by atoms with E-state index in [2.05, 4.69) is 36.7 Å². The van der Waals surface area contributed by atoms with Crippen LogP contribution in [-0.2, 0) is 12.8 Å². The minimum absolute atomic E-state index is 0.0869. The van der Waals surface area contributed by atoms with E-state index < -0.39 is 17.5 Å². The van der Waals surface area contributed by atoms with Gasteiger partial charge in [-0.15, -0.1) is 0 Å². The third-order valence-corrected chi connectivity index (χ3v) is 10.2. The van der Waals surface area contributed by atoms with Gasteiger partial charge in [-0.3, -0.25) is 4.79 Å². The smallest absolute Gasteiger partial charge is 0.264 e. The molecule has 1 aromatic heterocycles. The minimum atomic E-state index is -0.755. The van der Waals surface area contributed by atoms with Crippen LogP contribution in [0.15, 0.2) is 53.5 Å². The summed E-state index contributed by atoms with van der Waals surface area (Å²) < 4.78 is 44.0. The third-order valence-electron chi connectivity index (χ3n) is 10.2. The summed E-state index contributed by atoms with van der Waals surface area (Å²) in [6.45, 7) is 6.92. The molecule has 1 amide bonds. The van der Waals surface area contributed by atoms with Gasteiger partial charge in [0.2, 0.25) is 0 Å². The van der Waals surface area contributed by atoms with Crippen LogP contribution in [0.25, 0.3) is 5.69 Å². The van der Waals surface area contributed by atoms with Crippen LogP contribution in [0.4, 0.5) is 13.2 Å². The van der Waals surface area contributed by atoms with Gasteiger partial charge in [-0.1, -0.05) is 39.3 Å². The number of carbonyl (C=O) groups excluding carboxylic acids is 1. The number of rotatable bonds is 5. The maximum absolute atomic E-state index is 15.1. The highest BCUT2D eigenvalue weighted by Gasteiger charge is 2.58. The number of aromatic nitrogens is 2. The first kappa shape index (κ1) is 27.7. The average molecular weight is 560 g/mol. The molecule has 3 aliphatic carbocycles. The van der Waals surface area contributed by atoms with Crippen molar-refractivity contribution in [3.05, 3.63) is 88.5 Å². The molecule has 0 aliphatic heterocycles. The molecule has 214 valence electrons. The van der Waals surface area contributed by atoms with Crippen molar-refractivity contribution in [2.24, 2.45) is 27.7 Å². The molecule has 2 aromatic carbocycles. The van der Waals surface area contributed by atoms with E-state index in [1.54, 1.807) is 12.1 Å². The Balaban J connectivity index is 1.41. The molecular weight excluding hydrogens is 523 g/mol. The summed E-state index contributed by atoms with van der Waals surface area (Å²) in [5.41, 5.74) is 3.03. The first-order valence-electron chi connectivity index (χ1n) is 14.7. The lowest BCUT2D eigenvalue weighted by molar-refractivity contribution is 0.0996. The Labute approximate surface area is 239 Å². The SMILES string of the molecule is CC12CCC(C1)C(C)(C)[C@H]2C=C=NC(=O)c1nn(-c2ccc(F)cc2F)c2c1CCCCC2Cc1ccc(F)cc1. The maximum Gasteiger partial charge on any atom is 0.305 e. The highest BCUT2D eigenvalue weighted by Crippen LogP contribution is 2.66. The monoisotopic (exact) mass is 559 g/mol. The summed E-state index contributed by atoms with van der Waals surface area (Å²) >= 11 is 0. The van der Waals surface area contributed by atoms with Crippen molar-refractivity contribution in [2.45, 2.75) is 78.1 Å². The van der Waals surface area contributed by atoms with Crippen LogP contribution in [0.1, 0.15) is 92.5 Å². The van der Waals surface area contributed by atoms with Crippen LogP contribution in [0, 0.1) is 40.1 Å². The number of allylic oxidation sites excluding steroid dienone is 1. The zero-order valence-corrected chi connectivity index (χ0v) is 23.9. The van der Waals surface area contributed by atoms with Crippen LogP contribution in [0.2, 0.25) is 0 Å². The lowest BCUT2D eigenvalue weighted by Crippen LogP contribution is -2.33. The molecule has 3 unspecified atom stereocenters. The molecule has 2 saturated carbocycles. The Bertz CT molecular complexity index is 1550. The van der Waals surface area contributed by atoms with Crippen molar-refractivity contribution >= 4 is 11.8 Å². The molecular formula is C34H36F3N3O. The van der Waals surface area contributed by atoms with E-state index in [0.717, 1.165) is 42.1 Å². The summed E-state index contributed by atoms with van der Waals surface area (Å²) in [6, 6.07) is 9.73. The van der Waals surface area contributed by atoms with Crippen LogP contribution < -0.4 is 0 Å². The van der Waals surface area contributed by atoms with Gasteiger partial charge in [-0.2, -0.15) is 10.1 Å². The van der Waals surface area contributed by atoms with Crippen molar-refractivity contribution in [3.63, 3.8) is 0 Å². The van der Waals surface area contributed by atoms with Gasteiger partial charge in [0.25, 0.3) is 0 Å². The highest BCUT2D eigenvalue weighted by molar-refractivity contribution is 5.98. The number of halogens is 3. The van der Waals surface area contributed by atoms with Gasteiger partial charge in [0.1, 0.15) is 17.3 Å². The molecule has 3 aromatic rings. The van der Waals surface area contributed by atoms with Crippen molar-refractivity contribution in [1.82, 2.24) is 9.78 Å². The third kappa shape index (κ3) is 4.99. The quantitative estimate of drug-likeness (QED) is 0.234. The fourth-order valence-electron chi connectivity index (χ4n) is 8.05. The Morgan fingerprint density at radius 3 is 2.54 bits per heavy atom. The summed E-state index contributed by atoms with van der Waals surface area (Å²) in [6.07, 6.45) is 9.33. The molecule has 7 heteroatoms. The number of nitrogens with zero attached hydrogens (tertiary/aromatic N) is 3. The number of hydrogen-bond donors (Lipinski definition) is 0. The number of hydrogen-bond acceptors (Lipinski definition) is 2. The molecule has 6 rings (SSSR count). The first-order chi connectivity index (χ1) is 19.6. The van der Waals surface area contributed by atoms with Crippen molar-refractivity contribution < 1.29 is 18.0 Å². The summed E-state index contributed by atoms with van der Waals surface area (Å²) in [4.78, 5) is 17.8. The number of amides is 1. The molecule has 2 bridgehead atoms. The van der Waals surface area contributed by atoms with Gasteiger partial charge < -0.3 is 0 Å². The molecule has 41 heavy (non-hydrogen) atoms. The van der Waals surface area contributed by atoms with E-state index in [-0.39, 0.29) is 39.9 Å². The minimum Gasteiger partial charge on any atom is -0.264 e. The second-order valence-corrected chi connectivity index (χ2v) is 13.1. The predicted octanol–water partition coefficient (Wildman–Crippen LogP) is 8.17. The highest BCUT2D eigenvalue weighted by atomic mass is 19.1. The zero-order valence-electron chi connectivity index (χ0n) is 23.9. The molecule has 0 radical (unpaired) electrons. The maximum atomic E-state index is 15.1. The number of fused-ring (bicyclic) bond motifs is 3. The Morgan fingerprint density at radius 1 is 1.07 bits per heavy atom. The van der Waals surface area contributed by atoms with Crippen molar-refractivity contribution in [1.29, 1.82) is 0 Å². The molecule has 4 nitrogen and oxygen atoms in total. The molecule has 2 fully saturated rings. The van der Waals surface area contributed by atoms with Gasteiger partial charge in [0.15, 0.2) is 11.5 Å². The van der Waals surface area contributed by atoms with E-state index in [4.69, 9.17) is 0 Å². The van der Waals surface area contributed by atoms with E-state index >= 15 is 4.39 Å². The van der Waals surface area contributed by atoms with E-state index in [9.17, 15) is 13.6 Å². The zero-order chi connectivity index (χ0) is 28.9. The number of carbonyl (C=O) groups is 1. The second kappa shape index (κ2) is 10.4. The van der Waals surface area contributed by atoms with E-state index in [0.29, 0.717) is 18.8 Å². The van der Waals surface area contributed by atoms with Crippen molar-refractivity contribution in [3.8, 4) is 5.69 Å². The molecule has 0 saturated heterocycles.